The first kappa shape index (κ1) is 16.9. The van der Waals surface area contributed by atoms with Crippen molar-refractivity contribution in [1.82, 2.24) is 10.2 Å². The lowest BCUT2D eigenvalue weighted by Crippen LogP contribution is -2.44. The minimum absolute atomic E-state index is 0.119. The monoisotopic (exact) mass is 272 g/mol. The van der Waals surface area contributed by atoms with Gasteiger partial charge in [0.05, 0.1) is 13.2 Å². The fourth-order valence-electron chi connectivity index (χ4n) is 2.46. The maximum atomic E-state index is 5.71. The Kier molecular flexibility index (Phi) is 7.29. The Morgan fingerprint density at radius 2 is 1.74 bits per heavy atom. The Morgan fingerprint density at radius 1 is 1.11 bits per heavy atom. The van der Waals surface area contributed by atoms with Gasteiger partial charge in [-0.3, -0.25) is 0 Å². The lowest BCUT2D eigenvalue weighted by Gasteiger charge is -2.27. The molecule has 0 bridgehead atoms. The van der Waals surface area contributed by atoms with E-state index in [-0.39, 0.29) is 11.8 Å². The third kappa shape index (κ3) is 8.58. The third-order valence-corrected chi connectivity index (χ3v) is 3.22. The highest BCUT2D eigenvalue weighted by Crippen LogP contribution is 2.07. The molecule has 1 N–H and O–H groups in total. The molecule has 2 unspecified atom stereocenters. The number of nitrogens with zero attached hydrogens (tertiary/aromatic N) is 1. The van der Waals surface area contributed by atoms with E-state index in [0.29, 0.717) is 12.6 Å². The van der Waals surface area contributed by atoms with Crippen LogP contribution < -0.4 is 5.32 Å². The van der Waals surface area contributed by atoms with Gasteiger partial charge in [-0.2, -0.15) is 0 Å². The molecule has 19 heavy (non-hydrogen) atoms. The quantitative estimate of drug-likeness (QED) is 0.687. The van der Waals surface area contributed by atoms with E-state index < -0.39 is 0 Å². The summed E-state index contributed by atoms with van der Waals surface area (Å²) in [6.07, 6.45) is 2.55. The van der Waals surface area contributed by atoms with Gasteiger partial charge in [0.2, 0.25) is 0 Å². The van der Waals surface area contributed by atoms with E-state index in [1.54, 1.807) is 0 Å². The highest BCUT2D eigenvalue weighted by atomic mass is 16.7. The Morgan fingerprint density at radius 3 is 2.32 bits per heavy atom. The molecule has 1 fully saturated rings. The molecule has 1 aliphatic heterocycles. The molecule has 1 rings (SSSR count). The van der Waals surface area contributed by atoms with Crippen LogP contribution in [-0.2, 0) is 9.47 Å². The normalized spacial score (nSPS) is 20.7. The van der Waals surface area contributed by atoms with Gasteiger partial charge in [-0.05, 0) is 60.5 Å². The SMILES string of the molecule is CC(COC(C)OCCN1CCCC1)NC(C)(C)C. The molecule has 0 aromatic carbocycles. The lowest BCUT2D eigenvalue weighted by atomic mass is 10.1. The number of rotatable bonds is 8. The highest BCUT2D eigenvalue weighted by molar-refractivity contribution is 4.74. The second-order valence-electron chi connectivity index (χ2n) is 6.62. The molecule has 0 aromatic heterocycles. The molecule has 0 aromatic rings. The number of hydrogen-bond donors (Lipinski definition) is 1. The topological polar surface area (TPSA) is 33.7 Å². The zero-order valence-corrected chi connectivity index (χ0v) is 13.4. The molecular formula is C15H32N2O2. The molecule has 4 heteroatoms. The Labute approximate surface area is 118 Å². The summed E-state index contributed by atoms with van der Waals surface area (Å²) >= 11 is 0. The first-order chi connectivity index (χ1) is 8.87. The smallest absolute Gasteiger partial charge is 0.154 e. The summed E-state index contributed by atoms with van der Waals surface area (Å²) in [7, 11) is 0. The average molecular weight is 272 g/mol. The molecule has 4 nitrogen and oxygen atoms in total. The predicted molar refractivity (Wildman–Crippen MR) is 79.4 cm³/mol. The summed E-state index contributed by atoms with van der Waals surface area (Å²) in [6.45, 7) is 15.6. The molecule has 1 saturated heterocycles. The maximum Gasteiger partial charge on any atom is 0.154 e. The van der Waals surface area contributed by atoms with Crippen LogP contribution in [0.15, 0.2) is 0 Å². The van der Waals surface area contributed by atoms with Crippen molar-refractivity contribution in [1.29, 1.82) is 0 Å². The molecule has 0 saturated carbocycles. The number of ether oxygens (including phenoxy) is 2. The van der Waals surface area contributed by atoms with Crippen molar-refractivity contribution in [2.75, 3.05) is 32.8 Å². The van der Waals surface area contributed by atoms with E-state index in [4.69, 9.17) is 9.47 Å². The van der Waals surface area contributed by atoms with Gasteiger partial charge in [0.15, 0.2) is 6.29 Å². The van der Waals surface area contributed by atoms with Crippen LogP contribution in [-0.4, -0.2) is 55.6 Å². The van der Waals surface area contributed by atoms with Gasteiger partial charge in [-0.15, -0.1) is 0 Å². The molecular weight excluding hydrogens is 240 g/mol. The molecule has 1 aliphatic rings. The minimum Gasteiger partial charge on any atom is -0.352 e. The number of hydrogen-bond acceptors (Lipinski definition) is 4. The first-order valence-electron chi connectivity index (χ1n) is 7.60. The van der Waals surface area contributed by atoms with E-state index in [1.807, 2.05) is 6.92 Å². The molecule has 0 spiro atoms. The van der Waals surface area contributed by atoms with Gasteiger partial charge >= 0.3 is 0 Å². The standard InChI is InChI=1S/C15H32N2O2/c1-13(16-15(3,4)5)12-19-14(2)18-11-10-17-8-6-7-9-17/h13-14,16H,6-12H2,1-5H3. The van der Waals surface area contributed by atoms with Crippen molar-refractivity contribution in [3.05, 3.63) is 0 Å². The van der Waals surface area contributed by atoms with E-state index >= 15 is 0 Å². The van der Waals surface area contributed by atoms with Gasteiger partial charge in [0.1, 0.15) is 0 Å². The number of nitrogens with one attached hydrogen (secondary N) is 1. The first-order valence-corrected chi connectivity index (χ1v) is 7.60. The van der Waals surface area contributed by atoms with Gasteiger partial charge in [-0.25, -0.2) is 0 Å². The van der Waals surface area contributed by atoms with Gasteiger partial charge in [0.25, 0.3) is 0 Å². The van der Waals surface area contributed by atoms with Crippen LogP contribution in [0.2, 0.25) is 0 Å². The molecule has 0 radical (unpaired) electrons. The number of likely N-dealkylation sites (tertiary alicyclic amines) is 1. The highest BCUT2D eigenvalue weighted by Gasteiger charge is 2.15. The van der Waals surface area contributed by atoms with Crippen LogP contribution in [0, 0.1) is 0 Å². The van der Waals surface area contributed by atoms with E-state index in [2.05, 4.69) is 37.9 Å². The zero-order chi connectivity index (χ0) is 14.3. The average Bonchev–Trinajstić information content (AvgIpc) is 2.77. The summed E-state index contributed by atoms with van der Waals surface area (Å²) in [6, 6.07) is 0.338. The van der Waals surface area contributed by atoms with Crippen molar-refractivity contribution >= 4 is 0 Å². The van der Waals surface area contributed by atoms with Crippen LogP contribution in [0.25, 0.3) is 0 Å². The van der Waals surface area contributed by atoms with Crippen LogP contribution in [0.3, 0.4) is 0 Å². The van der Waals surface area contributed by atoms with Crippen molar-refractivity contribution in [3.63, 3.8) is 0 Å². The van der Waals surface area contributed by atoms with E-state index in [0.717, 1.165) is 13.2 Å². The molecule has 114 valence electrons. The van der Waals surface area contributed by atoms with Crippen molar-refractivity contribution in [2.45, 2.75) is 65.3 Å². The van der Waals surface area contributed by atoms with Gasteiger partial charge in [0, 0.05) is 18.1 Å². The van der Waals surface area contributed by atoms with Crippen LogP contribution in [0.5, 0.6) is 0 Å². The Bertz CT molecular complexity index is 235. The Hall–Kier alpha value is -0.160. The second kappa shape index (κ2) is 8.20. The summed E-state index contributed by atoms with van der Waals surface area (Å²) in [5.74, 6) is 0. The van der Waals surface area contributed by atoms with Crippen molar-refractivity contribution in [3.8, 4) is 0 Å². The molecule has 1 heterocycles. The van der Waals surface area contributed by atoms with Crippen molar-refractivity contribution in [2.24, 2.45) is 0 Å². The van der Waals surface area contributed by atoms with Crippen LogP contribution in [0.1, 0.15) is 47.5 Å². The predicted octanol–water partition coefficient (Wildman–Crippen LogP) is 2.24. The largest absolute Gasteiger partial charge is 0.352 e. The molecule has 0 aliphatic carbocycles. The summed E-state index contributed by atoms with van der Waals surface area (Å²) in [5, 5.41) is 3.49. The van der Waals surface area contributed by atoms with Crippen LogP contribution >= 0.6 is 0 Å². The summed E-state index contributed by atoms with van der Waals surface area (Å²) < 4.78 is 11.4. The van der Waals surface area contributed by atoms with Gasteiger partial charge in [-0.1, -0.05) is 0 Å². The van der Waals surface area contributed by atoms with E-state index in [9.17, 15) is 0 Å². The fraction of sp³-hybridized carbons (Fsp3) is 1.00. The third-order valence-electron chi connectivity index (χ3n) is 3.22. The second-order valence-corrected chi connectivity index (χ2v) is 6.62. The molecule has 2 atom stereocenters. The van der Waals surface area contributed by atoms with Gasteiger partial charge < -0.3 is 19.7 Å². The summed E-state index contributed by atoms with van der Waals surface area (Å²) in [4.78, 5) is 2.45. The zero-order valence-electron chi connectivity index (χ0n) is 13.4. The lowest BCUT2D eigenvalue weighted by molar-refractivity contribution is -0.136. The Balaban J connectivity index is 2.02. The molecule has 0 amide bonds. The van der Waals surface area contributed by atoms with Crippen molar-refractivity contribution < 1.29 is 9.47 Å². The summed E-state index contributed by atoms with van der Waals surface area (Å²) in [5.41, 5.74) is 0.128. The fourth-order valence-corrected chi connectivity index (χ4v) is 2.46. The maximum absolute atomic E-state index is 5.71. The van der Waals surface area contributed by atoms with Crippen LogP contribution in [0.4, 0.5) is 0 Å². The minimum atomic E-state index is -0.119. The van der Waals surface area contributed by atoms with E-state index in [1.165, 1.54) is 25.9 Å².